The van der Waals surface area contributed by atoms with Crippen LogP contribution in [-0.4, -0.2) is 33.4 Å². The van der Waals surface area contributed by atoms with Gasteiger partial charge >= 0.3 is 6.18 Å². The van der Waals surface area contributed by atoms with Crippen LogP contribution in [0.25, 0.3) is 0 Å². The van der Waals surface area contributed by atoms with Gasteiger partial charge in [-0.1, -0.05) is 6.07 Å². The zero-order valence-corrected chi connectivity index (χ0v) is 10.7. The van der Waals surface area contributed by atoms with Gasteiger partial charge in [0.25, 0.3) is 0 Å². The molecule has 2 N–H and O–H groups in total. The number of alkyl halides is 3. The molecule has 1 aromatic rings. The number of aliphatic hydroxyl groups excluding tert-OH is 1. The van der Waals surface area contributed by atoms with Crippen LogP contribution in [0.2, 0.25) is 0 Å². The highest BCUT2D eigenvalue weighted by atomic mass is 32.2. The predicted molar refractivity (Wildman–Crippen MR) is 60.2 cm³/mol. The molecule has 0 aliphatic carbocycles. The quantitative estimate of drug-likeness (QED) is 0.851. The Kier molecular flexibility index (Phi) is 4.77. The first-order valence-corrected chi connectivity index (χ1v) is 6.52. The summed E-state index contributed by atoms with van der Waals surface area (Å²) >= 11 is 0. The van der Waals surface area contributed by atoms with Gasteiger partial charge < -0.3 is 9.84 Å². The summed E-state index contributed by atoms with van der Waals surface area (Å²) in [6.45, 7) is -2.01. The fourth-order valence-electron chi connectivity index (χ4n) is 1.29. The number of methoxy groups -OCH3 is 1. The zero-order chi connectivity index (χ0) is 14.7. The third-order valence-corrected chi connectivity index (χ3v) is 3.60. The van der Waals surface area contributed by atoms with E-state index >= 15 is 0 Å². The number of ether oxygens (including phenoxy) is 1. The molecule has 0 heterocycles. The van der Waals surface area contributed by atoms with Crippen LogP contribution in [0, 0.1) is 0 Å². The van der Waals surface area contributed by atoms with Crippen molar-refractivity contribution in [1.29, 1.82) is 0 Å². The molecular weight excluding hydrogens is 287 g/mol. The van der Waals surface area contributed by atoms with Crippen molar-refractivity contribution in [1.82, 2.24) is 4.72 Å². The second kappa shape index (κ2) is 5.76. The van der Waals surface area contributed by atoms with E-state index in [-0.39, 0.29) is 12.4 Å². The Labute approximate surface area is 108 Å². The van der Waals surface area contributed by atoms with Crippen molar-refractivity contribution in [2.75, 3.05) is 13.7 Å². The van der Waals surface area contributed by atoms with Gasteiger partial charge in [0.1, 0.15) is 17.2 Å². The van der Waals surface area contributed by atoms with Crippen molar-refractivity contribution in [2.24, 2.45) is 0 Å². The molecule has 5 nitrogen and oxygen atoms in total. The highest BCUT2D eigenvalue weighted by Crippen LogP contribution is 2.25. The van der Waals surface area contributed by atoms with Gasteiger partial charge in [0, 0.05) is 0 Å². The van der Waals surface area contributed by atoms with Crippen molar-refractivity contribution in [3.8, 4) is 5.75 Å². The molecule has 0 amide bonds. The molecule has 19 heavy (non-hydrogen) atoms. The predicted octanol–water partition coefficient (Wildman–Crippen LogP) is 1.03. The van der Waals surface area contributed by atoms with E-state index in [1.165, 1.54) is 24.0 Å². The molecule has 0 unspecified atom stereocenters. The largest absolute Gasteiger partial charge is 0.495 e. The van der Waals surface area contributed by atoms with Gasteiger partial charge in [-0.2, -0.15) is 13.2 Å². The Bertz CT molecular complexity index is 542. The normalized spacial score (nSPS) is 12.5. The fraction of sp³-hybridized carbons (Fsp3) is 0.400. The molecule has 0 fully saturated rings. The van der Waals surface area contributed by atoms with E-state index in [9.17, 15) is 21.6 Å². The topological polar surface area (TPSA) is 75.6 Å². The van der Waals surface area contributed by atoms with Crippen LogP contribution < -0.4 is 9.46 Å². The molecule has 9 heteroatoms. The van der Waals surface area contributed by atoms with Gasteiger partial charge in [-0.05, 0) is 17.7 Å². The molecule has 108 valence electrons. The zero-order valence-electron chi connectivity index (χ0n) is 9.86. The number of hydrogen-bond acceptors (Lipinski definition) is 4. The van der Waals surface area contributed by atoms with E-state index in [2.05, 4.69) is 0 Å². The van der Waals surface area contributed by atoms with Crippen LogP contribution in [0.4, 0.5) is 13.2 Å². The van der Waals surface area contributed by atoms with E-state index in [1.807, 2.05) is 0 Å². The van der Waals surface area contributed by atoms with Gasteiger partial charge in [-0.3, -0.25) is 0 Å². The summed E-state index contributed by atoms with van der Waals surface area (Å²) in [4.78, 5) is -0.420. The van der Waals surface area contributed by atoms with Crippen molar-refractivity contribution in [3.05, 3.63) is 23.8 Å². The molecule has 0 bridgehead atoms. The average Bonchev–Trinajstić information content (AvgIpc) is 2.35. The van der Waals surface area contributed by atoms with E-state index < -0.39 is 27.6 Å². The van der Waals surface area contributed by atoms with Crippen molar-refractivity contribution < 1.29 is 31.4 Å². The summed E-state index contributed by atoms with van der Waals surface area (Å²) in [5.74, 6) is -0.138. The molecule has 0 saturated heterocycles. The number of halogens is 3. The van der Waals surface area contributed by atoms with Crippen LogP contribution in [0.3, 0.4) is 0 Å². The molecule has 0 radical (unpaired) electrons. The summed E-state index contributed by atoms with van der Waals surface area (Å²) in [5.41, 5.74) is 0.381. The first-order valence-electron chi connectivity index (χ1n) is 5.04. The van der Waals surface area contributed by atoms with Crippen LogP contribution >= 0.6 is 0 Å². The molecule has 0 spiro atoms. The summed E-state index contributed by atoms with van der Waals surface area (Å²) in [6, 6.07) is 3.59. The lowest BCUT2D eigenvalue weighted by atomic mass is 10.2. The second-order valence-electron chi connectivity index (χ2n) is 3.58. The molecule has 1 rings (SSSR count). The van der Waals surface area contributed by atoms with Crippen molar-refractivity contribution in [2.45, 2.75) is 17.7 Å². The van der Waals surface area contributed by atoms with E-state index in [1.54, 1.807) is 0 Å². The molecule has 0 saturated carbocycles. The van der Waals surface area contributed by atoms with Gasteiger partial charge in [0.2, 0.25) is 10.0 Å². The third-order valence-electron chi connectivity index (χ3n) is 2.16. The Morgan fingerprint density at radius 1 is 1.37 bits per heavy atom. The second-order valence-corrected chi connectivity index (χ2v) is 5.32. The van der Waals surface area contributed by atoms with E-state index in [4.69, 9.17) is 9.84 Å². The van der Waals surface area contributed by atoms with Crippen molar-refractivity contribution in [3.63, 3.8) is 0 Å². The Hall–Kier alpha value is -1.32. The standard InChI is InChI=1S/C10H12F3NO4S/c1-18-8-4-7(5-15)2-3-9(8)19(16,17)14-6-10(11,12)13/h2-4,14-15H,5-6H2,1H3. The number of nitrogens with one attached hydrogen (secondary N) is 1. The maximum atomic E-state index is 12.0. The van der Waals surface area contributed by atoms with Crippen LogP contribution in [0.1, 0.15) is 5.56 Å². The molecule has 1 aromatic carbocycles. The summed E-state index contributed by atoms with van der Waals surface area (Å²) in [5, 5.41) is 8.89. The Morgan fingerprint density at radius 2 is 2.00 bits per heavy atom. The lowest BCUT2D eigenvalue weighted by molar-refractivity contribution is -0.121. The minimum absolute atomic E-state index is 0.138. The molecule has 0 atom stereocenters. The Balaban J connectivity index is 3.07. The SMILES string of the molecule is COc1cc(CO)ccc1S(=O)(=O)NCC(F)(F)F. The third kappa shape index (κ3) is 4.37. The average molecular weight is 299 g/mol. The van der Waals surface area contributed by atoms with Gasteiger partial charge in [0.15, 0.2) is 0 Å². The highest BCUT2D eigenvalue weighted by molar-refractivity contribution is 7.89. The number of rotatable bonds is 5. The van der Waals surface area contributed by atoms with Crippen LogP contribution in [-0.2, 0) is 16.6 Å². The highest BCUT2D eigenvalue weighted by Gasteiger charge is 2.31. The Morgan fingerprint density at radius 3 is 2.47 bits per heavy atom. The monoisotopic (exact) mass is 299 g/mol. The van der Waals surface area contributed by atoms with Crippen LogP contribution in [0.15, 0.2) is 23.1 Å². The first kappa shape index (κ1) is 15.7. The van der Waals surface area contributed by atoms with Crippen molar-refractivity contribution >= 4 is 10.0 Å². The van der Waals surface area contributed by atoms with E-state index in [0.29, 0.717) is 5.56 Å². The maximum Gasteiger partial charge on any atom is 0.402 e. The van der Waals surface area contributed by atoms with Gasteiger partial charge in [-0.15, -0.1) is 0 Å². The first-order chi connectivity index (χ1) is 8.69. The number of aliphatic hydroxyl groups is 1. The maximum absolute atomic E-state index is 12.0. The summed E-state index contributed by atoms with van der Waals surface area (Å²) < 4.78 is 65.7. The molecule has 0 aromatic heterocycles. The minimum atomic E-state index is -4.65. The minimum Gasteiger partial charge on any atom is -0.495 e. The lowest BCUT2D eigenvalue weighted by Crippen LogP contribution is -2.33. The lowest BCUT2D eigenvalue weighted by Gasteiger charge is -2.12. The number of benzene rings is 1. The summed E-state index contributed by atoms with van der Waals surface area (Å²) in [7, 11) is -3.16. The fourth-order valence-corrected chi connectivity index (χ4v) is 2.45. The van der Waals surface area contributed by atoms with Gasteiger partial charge in [-0.25, -0.2) is 13.1 Å². The molecule has 0 aliphatic rings. The number of hydrogen-bond donors (Lipinski definition) is 2. The van der Waals surface area contributed by atoms with Gasteiger partial charge in [0.05, 0.1) is 13.7 Å². The summed E-state index contributed by atoms with van der Waals surface area (Å²) in [6.07, 6.45) is -4.65. The van der Waals surface area contributed by atoms with E-state index in [0.717, 1.165) is 6.07 Å². The molecular formula is C10H12F3NO4S. The van der Waals surface area contributed by atoms with Crippen LogP contribution in [0.5, 0.6) is 5.75 Å². The number of sulfonamides is 1. The molecule has 0 aliphatic heterocycles. The smallest absolute Gasteiger partial charge is 0.402 e.